The van der Waals surface area contributed by atoms with Crippen LogP contribution >= 0.6 is 0 Å². The number of pyridine rings is 1. The fraction of sp³-hybridized carbons (Fsp3) is 0.235. The van der Waals surface area contributed by atoms with E-state index >= 15 is 0 Å². The monoisotopic (exact) mass is 309 g/mol. The quantitative estimate of drug-likeness (QED) is 0.780. The Balaban J connectivity index is 1.68. The number of aromatic nitrogens is 3. The number of aryl methyl sites for hydroxylation is 1. The summed E-state index contributed by atoms with van der Waals surface area (Å²) in [7, 11) is 1.97. The number of nitrogens with two attached hydrogens (primary N) is 1. The summed E-state index contributed by atoms with van der Waals surface area (Å²) < 4.78 is 5.76. The Hall–Kier alpha value is -2.89. The molecule has 3 aromatic rings. The van der Waals surface area contributed by atoms with E-state index < -0.39 is 0 Å². The normalized spacial score (nSPS) is 10.7. The molecule has 0 saturated heterocycles. The van der Waals surface area contributed by atoms with E-state index in [9.17, 15) is 0 Å². The van der Waals surface area contributed by atoms with Gasteiger partial charge in [-0.15, -0.1) is 0 Å². The topological polar surface area (TPSA) is 77.2 Å². The molecule has 3 rings (SSSR count). The van der Waals surface area contributed by atoms with Crippen LogP contribution in [0.2, 0.25) is 0 Å². The van der Waals surface area contributed by atoms with Gasteiger partial charge in [0.15, 0.2) is 5.65 Å². The van der Waals surface area contributed by atoms with E-state index in [0.29, 0.717) is 24.6 Å². The molecule has 0 fully saturated rings. The van der Waals surface area contributed by atoms with Gasteiger partial charge in [0.05, 0.1) is 11.9 Å². The van der Waals surface area contributed by atoms with Crippen LogP contribution < -0.4 is 15.4 Å². The SMILES string of the molecule is Cc1ccc(OCCN(C)c2ncnc3nc(N)ccc23)cc1. The molecule has 0 aliphatic heterocycles. The fourth-order valence-corrected chi connectivity index (χ4v) is 2.29. The third kappa shape index (κ3) is 3.48. The number of nitrogen functional groups attached to an aromatic ring is 1. The summed E-state index contributed by atoms with van der Waals surface area (Å²) >= 11 is 0. The van der Waals surface area contributed by atoms with E-state index in [0.717, 1.165) is 17.0 Å². The van der Waals surface area contributed by atoms with Crippen LogP contribution in [-0.4, -0.2) is 35.2 Å². The van der Waals surface area contributed by atoms with Gasteiger partial charge in [0.25, 0.3) is 0 Å². The molecule has 6 nitrogen and oxygen atoms in total. The highest BCUT2D eigenvalue weighted by Crippen LogP contribution is 2.21. The Morgan fingerprint density at radius 1 is 1.09 bits per heavy atom. The van der Waals surface area contributed by atoms with Gasteiger partial charge in [-0.2, -0.15) is 0 Å². The smallest absolute Gasteiger partial charge is 0.166 e. The number of anilines is 2. The predicted molar refractivity (Wildman–Crippen MR) is 91.7 cm³/mol. The van der Waals surface area contributed by atoms with Crippen LogP contribution in [0.1, 0.15) is 5.56 Å². The van der Waals surface area contributed by atoms with Crippen molar-refractivity contribution in [2.24, 2.45) is 0 Å². The Bertz CT molecular complexity index is 804. The largest absolute Gasteiger partial charge is 0.492 e. The molecular weight excluding hydrogens is 290 g/mol. The van der Waals surface area contributed by atoms with Crippen molar-refractivity contribution in [1.29, 1.82) is 0 Å². The zero-order valence-electron chi connectivity index (χ0n) is 13.2. The van der Waals surface area contributed by atoms with Crippen LogP contribution in [0.5, 0.6) is 5.75 Å². The number of ether oxygens (including phenoxy) is 1. The van der Waals surface area contributed by atoms with Gasteiger partial charge in [0, 0.05) is 7.05 Å². The molecule has 6 heteroatoms. The molecule has 1 aromatic carbocycles. The van der Waals surface area contributed by atoms with Crippen LogP contribution in [0.15, 0.2) is 42.7 Å². The van der Waals surface area contributed by atoms with E-state index in [1.54, 1.807) is 6.07 Å². The van der Waals surface area contributed by atoms with Gasteiger partial charge in [0.1, 0.15) is 30.3 Å². The van der Waals surface area contributed by atoms with Crippen LogP contribution in [0.3, 0.4) is 0 Å². The standard InChI is InChI=1S/C17H19N5O/c1-12-3-5-13(6-4-12)23-10-9-22(2)17-14-7-8-15(18)21-16(14)19-11-20-17/h3-8,11H,9-10H2,1-2H3,(H2,18,19,20,21). The number of nitrogens with zero attached hydrogens (tertiary/aromatic N) is 4. The Morgan fingerprint density at radius 3 is 2.65 bits per heavy atom. The van der Waals surface area contributed by atoms with Crippen molar-refractivity contribution in [2.45, 2.75) is 6.92 Å². The van der Waals surface area contributed by atoms with E-state index in [-0.39, 0.29) is 0 Å². The Labute approximate surface area is 135 Å². The van der Waals surface area contributed by atoms with Crippen molar-refractivity contribution >= 4 is 22.7 Å². The lowest BCUT2D eigenvalue weighted by Crippen LogP contribution is -2.25. The average Bonchev–Trinajstić information content (AvgIpc) is 2.55. The summed E-state index contributed by atoms with van der Waals surface area (Å²) in [5, 5.41) is 0.875. The molecule has 0 aliphatic rings. The number of benzene rings is 1. The lowest BCUT2D eigenvalue weighted by molar-refractivity contribution is 0.325. The predicted octanol–water partition coefficient (Wildman–Crippen LogP) is 2.43. The summed E-state index contributed by atoms with van der Waals surface area (Å²) in [6.07, 6.45) is 1.50. The maximum Gasteiger partial charge on any atom is 0.166 e. The van der Waals surface area contributed by atoms with E-state index in [2.05, 4.69) is 21.9 Å². The zero-order chi connectivity index (χ0) is 16.2. The van der Waals surface area contributed by atoms with Crippen molar-refractivity contribution in [3.05, 3.63) is 48.3 Å². The molecule has 0 saturated carbocycles. The Kier molecular flexibility index (Phi) is 4.23. The van der Waals surface area contributed by atoms with Crippen LogP contribution in [0.4, 0.5) is 11.6 Å². The second-order valence-electron chi connectivity index (χ2n) is 5.39. The van der Waals surface area contributed by atoms with Gasteiger partial charge in [-0.05, 0) is 31.2 Å². The number of hydrogen-bond donors (Lipinski definition) is 1. The van der Waals surface area contributed by atoms with Crippen molar-refractivity contribution in [3.8, 4) is 5.75 Å². The first-order valence-electron chi connectivity index (χ1n) is 7.41. The first kappa shape index (κ1) is 15.0. The molecule has 2 aromatic heterocycles. The van der Waals surface area contributed by atoms with Gasteiger partial charge < -0.3 is 15.4 Å². The van der Waals surface area contributed by atoms with Crippen molar-refractivity contribution < 1.29 is 4.74 Å². The molecule has 23 heavy (non-hydrogen) atoms. The Morgan fingerprint density at radius 2 is 1.87 bits per heavy atom. The summed E-state index contributed by atoms with van der Waals surface area (Å²) in [6.45, 7) is 3.32. The molecule has 118 valence electrons. The first-order valence-corrected chi connectivity index (χ1v) is 7.41. The molecule has 0 radical (unpaired) electrons. The second kappa shape index (κ2) is 6.48. The number of likely N-dealkylation sites (N-methyl/N-ethyl adjacent to an activating group) is 1. The molecule has 0 unspecified atom stereocenters. The molecule has 2 heterocycles. The minimum Gasteiger partial charge on any atom is -0.492 e. The molecule has 0 spiro atoms. The summed E-state index contributed by atoms with van der Waals surface area (Å²) in [5.74, 6) is 2.13. The van der Waals surface area contributed by atoms with Gasteiger partial charge in [0.2, 0.25) is 0 Å². The van der Waals surface area contributed by atoms with Crippen molar-refractivity contribution in [2.75, 3.05) is 30.8 Å². The number of hydrogen-bond acceptors (Lipinski definition) is 6. The lowest BCUT2D eigenvalue weighted by atomic mass is 10.2. The number of fused-ring (bicyclic) bond motifs is 1. The molecule has 0 atom stereocenters. The van der Waals surface area contributed by atoms with Crippen molar-refractivity contribution in [1.82, 2.24) is 15.0 Å². The van der Waals surface area contributed by atoms with Gasteiger partial charge >= 0.3 is 0 Å². The minimum absolute atomic E-state index is 0.451. The van der Waals surface area contributed by atoms with E-state index in [4.69, 9.17) is 10.5 Å². The summed E-state index contributed by atoms with van der Waals surface area (Å²) in [4.78, 5) is 14.8. The van der Waals surface area contributed by atoms with Gasteiger partial charge in [-0.3, -0.25) is 0 Å². The molecule has 0 aliphatic carbocycles. The summed E-state index contributed by atoms with van der Waals surface area (Å²) in [6, 6.07) is 11.7. The first-order chi connectivity index (χ1) is 11.1. The molecule has 0 bridgehead atoms. The van der Waals surface area contributed by atoms with Crippen molar-refractivity contribution in [3.63, 3.8) is 0 Å². The van der Waals surface area contributed by atoms with Gasteiger partial charge in [-0.1, -0.05) is 17.7 Å². The molecule has 2 N–H and O–H groups in total. The average molecular weight is 309 g/mol. The summed E-state index contributed by atoms with van der Waals surface area (Å²) in [5.41, 5.74) is 7.51. The highest BCUT2D eigenvalue weighted by Gasteiger charge is 2.09. The second-order valence-corrected chi connectivity index (χ2v) is 5.39. The highest BCUT2D eigenvalue weighted by molar-refractivity contribution is 5.87. The zero-order valence-corrected chi connectivity index (χ0v) is 13.2. The maximum absolute atomic E-state index is 5.76. The van der Waals surface area contributed by atoms with Crippen LogP contribution in [-0.2, 0) is 0 Å². The van der Waals surface area contributed by atoms with E-state index in [1.807, 2.05) is 42.3 Å². The third-order valence-electron chi connectivity index (χ3n) is 3.58. The number of rotatable bonds is 5. The molecular formula is C17H19N5O. The minimum atomic E-state index is 0.451. The van der Waals surface area contributed by atoms with E-state index in [1.165, 1.54) is 11.9 Å². The highest BCUT2D eigenvalue weighted by atomic mass is 16.5. The maximum atomic E-state index is 5.76. The van der Waals surface area contributed by atoms with Gasteiger partial charge in [-0.25, -0.2) is 15.0 Å². The lowest BCUT2D eigenvalue weighted by Gasteiger charge is -2.19. The van der Waals surface area contributed by atoms with Crippen LogP contribution in [0.25, 0.3) is 11.0 Å². The van der Waals surface area contributed by atoms with Crippen LogP contribution in [0, 0.1) is 6.92 Å². The fourth-order valence-electron chi connectivity index (χ4n) is 2.29. The third-order valence-corrected chi connectivity index (χ3v) is 3.58. The molecule has 0 amide bonds.